The smallest absolute Gasteiger partial charge is 0.273 e. The zero-order valence-corrected chi connectivity index (χ0v) is 17.9. The lowest BCUT2D eigenvalue weighted by Gasteiger charge is -2.30. The highest BCUT2D eigenvalue weighted by Crippen LogP contribution is 2.28. The number of nitrogens with one attached hydrogen (secondary N) is 2. The third kappa shape index (κ3) is 4.47. The molecule has 1 fully saturated rings. The van der Waals surface area contributed by atoms with Gasteiger partial charge in [0.25, 0.3) is 5.91 Å². The first kappa shape index (κ1) is 21.1. The van der Waals surface area contributed by atoms with Crippen LogP contribution in [-0.4, -0.2) is 47.0 Å². The summed E-state index contributed by atoms with van der Waals surface area (Å²) in [7, 11) is -3.54. The molecule has 0 unspecified atom stereocenters. The number of piperidine rings is 1. The molecule has 0 radical (unpaired) electrons. The molecule has 31 heavy (non-hydrogen) atoms. The summed E-state index contributed by atoms with van der Waals surface area (Å²) in [4.78, 5) is 12.7. The number of rotatable bonds is 5. The van der Waals surface area contributed by atoms with Crippen LogP contribution in [0.2, 0.25) is 0 Å². The normalized spacial score (nSPS) is 17.4. The molecule has 1 saturated heterocycles. The molecule has 1 aromatic heterocycles. The third-order valence-electron chi connectivity index (χ3n) is 5.37. The van der Waals surface area contributed by atoms with Crippen LogP contribution in [0.15, 0.2) is 59.5 Å². The minimum atomic E-state index is -3.54. The zero-order valence-electron chi connectivity index (χ0n) is 17.1. The molecule has 1 aliphatic heterocycles. The van der Waals surface area contributed by atoms with Gasteiger partial charge in [-0.05, 0) is 61.2 Å². The first-order valence-electron chi connectivity index (χ1n) is 10.1. The summed E-state index contributed by atoms with van der Waals surface area (Å²) in [5.74, 6) is -0.00494. The Morgan fingerprint density at radius 3 is 2.65 bits per heavy atom. The maximum atomic E-state index is 12.9. The third-order valence-corrected chi connectivity index (χ3v) is 7.25. The van der Waals surface area contributed by atoms with E-state index in [9.17, 15) is 18.3 Å². The van der Waals surface area contributed by atoms with Crippen molar-refractivity contribution in [3.8, 4) is 17.0 Å². The van der Waals surface area contributed by atoms with Crippen molar-refractivity contribution in [2.75, 3.05) is 18.4 Å². The van der Waals surface area contributed by atoms with Gasteiger partial charge in [-0.1, -0.05) is 19.1 Å². The van der Waals surface area contributed by atoms with Crippen LogP contribution in [0.4, 0.5) is 5.69 Å². The largest absolute Gasteiger partial charge is 0.507 e. The Balaban J connectivity index is 1.46. The van der Waals surface area contributed by atoms with Crippen molar-refractivity contribution in [1.29, 1.82) is 0 Å². The van der Waals surface area contributed by atoms with Crippen LogP contribution in [0.5, 0.6) is 5.75 Å². The second-order valence-electron chi connectivity index (χ2n) is 7.77. The molecular formula is C22H24N4O4S. The molecule has 0 saturated carbocycles. The number of aromatic nitrogens is 2. The van der Waals surface area contributed by atoms with Crippen LogP contribution < -0.4 is 5.32 Å². The van der Waals surface area contributed by atoms with E-state index >= 15 is 0 Å². The van der Waals surface area contributed by atoms with Crippen LogP contribution in [0.25, 0.3) is 11.3 Å². The molecule has 1 aliphatic rings. The van der Waals surface area contributed by atoms with E-state index in [-0.39, 0.29) is 16.3 Å². The first-order chi connectivity index (χ1) is 14.8. The van der Waals surface area contributed by atoms with Gasteiger partial charge in [0.05, 0.1) is 10.6 Å². The van der Waals surface area contributed by atoms with Crippen molar-refractivity contribution in [2.24, 2.45) is 5.92 Å². The van der Waals surface area contributed by atoms with Gasteiger partial charge in [0.2, 0.25) is 10.0 Å². The zero-order chi connectivity index (χ0) is 22.0. The van der Waals surface area contributed by atoms with Gasteiger partial charge in [-0.25, -0.2) is 8.42 Å². The number of carbonyl (C=O) groups excluding carboxylic acids is 1. The molecule has 3 N–H and O–H groups in total. The predicted molar refractivity (Wildman–Crippen MR) is 117 cm³/mol. The Morgan fingerprint density at radius 2 is 1.94 bits per heavy atom. The summed E-state index contributed by atoms with van der Waals surface area (Å²) < 4.78 is 27.2. The van der Waals surface area contributed by atoms with Gasteiger partial charge in [0.1, 0.15) is 11.4 Å². The summed E-state index contributed by atoms with van der Waals surface area (Å²) in [6, 6.07) is 14.4. The number of phenols is 1. The first-order valence-corrected chi connectivity index (χ1v) is 11.5. The summed E-state index contributed by atoms with van der Waals surface area (Å²) in [5, 5.41) is 19.4. The molecule has 4 rings (SSSR count). The molecule has 8 nitrogen and oxygen atoms in total. The fourth-order valence-corrected chi connectivity index (χ4v) is 5.29. The highest BCUT2D eigenvalue weighted by Gasteiger charge is 2.28. The van der Waals surface area contributed by atoms with E-state index in [0.717, 1.165) is 12.8 Å². The van der Waals surface area contributed by atoms with Crippen molar-refractivity contribution in [1.82, 2.24) is 14.5 Å². The molecule has 0 spiro atoms. The molecule has 1 atom stereocenters. The number of para-hydroxylation sites is 1. The van der Waals surface area contributed by atoms with Crippen LogP contribution in [0.1, 0.15) is 30.3 Å². The Morgan fingerprint density at radius 1 is 1.19 bits per heavy atom. The second-order valence-corrected chi connectivity index (χ2v) is 9.71. The van der Waals surface area contributed by atoms with E-state index in [0.29, 0.717) is 36.0 Å². The number of hydrogen-bond acceptors (Lipinski definition) is 5. The average Bonchev–Trinajstić information content (AvgIpc) is 3.25. The number of sulfonamides is 1. The monoisotopic (exact) mass is 440 g/mol. The molecule has 9 heteroatoms. The Kier molecular flexibility index (Phi) is 5.79. The maximum absolute atomic E-state index is 12.9. The molecule has 2 aromatic carbocycles. The quantitative estimate of drug-likeness (QED) is 0.562. The molecule has 0 aliphatic carbocycles. The highest BCUT2D eigenvalue weighted by atomic mass is 32.2. The molecular weight excluding hydrogens is 416 g/mol. The topological polar surface area (TPSA) is 115 Å². The van der Waals surface area contributed by atoms with Gasteiger partial charge in [-0.2, -0.15) is 9.40 Å². The van der Waals surface area contributed by atoms with Gasteiger partial charge in [-0.15, -0.1) is 0 Å². The summed E-state index contributed by atoms with van der Waals surface area (Å²) in [6.45, 7) is 3.12. The SMILES string of the molecule is C[C@H]1CCCN(S(=O)(=O)c2ccc(NC(=O)c3cc(-c4ccccc4O)n[nH]3)cc2)C1. The highest BCUT2D eigenvalue weighted by molar-refractivity contribution is 7.89. The number of carbonyl (C=O) groups is 1. The lowest BCUT2D eigenvalue weighted by molar-refractivity contribution is 0.102. The van der Waals surface area contributed by atoms with Crippen molar-refractivity contribution in [3.05, 3.63) is 60.3 Å². The van der Waals surface area contributed by atoms with Gasteiger partial charge in [-0.3, -0.25) is 9.89 Å². The predicted octanol–water partition coefficient (Wildman–Crippen LogP) is 3.46. The minimum Gasteiger partial charge on any atom is -0.507 e. The number of aromatic amines is 1. The summed E-state index contributed by atoms with van der Waals surface area (Å²) in [5.41, 5.74) is 1.65. The van der Waals surface area contributed by atoms with Gasteiger partial charge in [0.15, 0.2) is 0 Å². The Bertz CT molecular complexity index is 1190. The standard InChI is InChI=1S/C22H24N4O4S/c1-15-5-4-12-26(14-15)31(29,30)17-10-8-16(9-11-17)23-22(28)20-13-19(24-25-20)18-6-2-3-7-21(18)27/h2-3,6-11,13,15,27H,4-5,12,14H2,1H3,(H,23,28)(H,24,25)/t15-/m0/s1. The van der Waals surface area contributed by atoms with Crippen molar-refractivity contribution >= 4 is 21.6 Å². The minimum absolute atomic E-state index is 0.0702. The summed E-state index contributed by atoms with van der Waals surface area (Å²) >= 11 is 0. The van der Waals surface area contributed by atoms with Gasteiger partial charge < -0.3 is 10.4 Å². The maximum Gasteiger partial charge on any atom is 0.273 e. The number of aromatic hydroxyl groups is 1. The Hall–Kier alpha value is -3.17. The second kappa shape index (κ2) is 8.52. The van der Waals surface area contributed by atoms with Crippen molar-refractivity contribution in [2.45, 2.75) is 24.7 Å². The van der Waals surface area contributed by atoms with Gasteiger partial charge >= 0.3 is 0 Å². The Labute approximate surface area is 181 Å². The van der Waals surface area contributed by atoms with Crippen molar-refractivity contribution in [3.63, 3.8) is 0 Å². The molecule has 0 bridgehead atoms. The van der Waals surface area contributed by atoms with Gasteiger partial charge in [0, 0.05) is 24.3 Å². The van der Waals surface area contributed by atoms with E-state index in [1.807, 2.05) is 0 Å². The number of benzene rings is 2. The fourth-order valence-electron chi connectivity index (χ4n) is 3.69. The molecule has 1 amide bonds. The number of nitrogens with zero attached hydrogens (tertiary/aromatic N) is 2. The van der Waals surface area contributed by atoms with E-state index in [1.165, 1.54) is 16.4 Å². The number of amides is 1. The van der Waals surface area contributed by atoms with Crippen LogP contribution >= 0.6 is 0 Å². The number of H-pyrrole nitrogens is 1. The van der Waals surface area contributed by atoms with Crippen molar-refractivity contribution < 1.29 is 18.3 Å². The number of anilines is 1. The lowest BCUT2D eigenvalue weighted by Crippen LogP contribution is -2.39. The number of phenolic OH excluding ortho intramolecular Hbond substituents is 1. The van der Waals surface area contributed by atoms with Crippen LogP contribution in [0.3, 0.4) is 0 Å². The molecule has 3 aromatic rings. The molecule has 162 valence electrons. The van der Waals surface area contributed by atoms with Crippen LogP contribution in [0, 0.1) is 5.92 Å². The van der Waals surface area contributed by atoms with E-state index < -0.39 is 15.9 Å². The van der Waals surface area contributed by atoms with E-state index in [1.54, 1.807) is 42.5 Å². The number of hydrogen-bond donors (Lipinski definition) is 3. The average molecular weight is 441 g/mol. The molecule has 2 heterocycles. The van der Waals surface area contributed by atoms with Crippen LogP contribution in [-0.2, 0) is 10.0 Å². The van der Waals surface area contributed by atoms with E-state index in [4.69, 9.17) is 0 Å². The van der Waals surface area contributed by atoms with E-state index in [2.05, 4.69) is 22.4 Å². The lowest BCUT2D eigenvalue weighted by atomic mass is 10.0. The fraction of sp³-hybridized carbons (Fsp3) is 0.273. The summed E-state index contributed by atoms with van der Waals surface area (Å²) in [6.07, 6.45) is 1.90.